The average molecular weight is 163 g/mol. The number of rotatable bonds is 0. The van der Waals surface area contributed by atoms with Gasteiger partial charge >= 0.3 is 0 Å². The van der Waals surface area contributed by atoms with E-state index in [4.69, 9.17) is 0 Å². The fourth-order valence-electron chi connectivity index (χ4n) is 2.78. The molecule has 0 spiro atoms. The summed E-state index contributed by atoms with van der Waals surface area (Å²) in [7, 11) is 0. The lowest BCUT2D eigenvalue weighted by Gasteiger charge is -2.23. The van der Waals surface area contributed by atoms with E-state index in [0.717, 1.165) is 0 Å². The zero-order chi connectivity index (χ0) is 8.98. The second-order valence-corrected chi connectivity index (χ2v) is 5.23. The molecule has 1 aromatic rings. The number of aromatic amines is 1. The molecular weight excluding hydrogens is 146 g/mol. The van der Waals surface area contributed by atoms with E-state index in [1.165, 1.54) is 17.5 Å². The molecule has 0 unspecified atom stereocenters. The van der Waals surface area contributed by atoms with Crippen LogP contribution in [0, 0.1) is 0 Å². The Labute approximate surface area is 74.2 Å². The molecule has 0 aliphatic heterocycles. The number of fused-ring (bicyclic) bond motifs is 1. The molecule has 1 aliphatic rings. The summed E-state index contributed by atoms with van der Waals surface area (Å²) >= 11 is 0. The molecule has 0 fully saturated rings. The van der Waals surface area contributed by atoms with Gasteiger partial charge in [0.2, 0.25) is 0 Å². The predicted octanol–water partition coefficient (Wildman–Crippen LogP) is 2.97. The zero-order valence-electron chi connectivity index (χ0n) is 8.36. The molecule has 0 radical (unpaired) electrons. The topological polar surface area (TPSA) is 15.8 Å². The first-order chi connectivity index (χ1) is 5.43. The first kappa shape index (κ1) is 7.90. The van der Waals surface area contributed by atoms with Crippen molar-refractivity contribution in [2.45, 2.75) is 44.9 Å². The van der Waals surface area contributed by atoms with Crippen molar-refractivity contribution in [2.75, 3.05) is 0 Å². The Morgan fingerprint density at radius 1 is 1.00 bits per heavy atom. The summed E-state index contributed by atoms with van der Waals surface area (Å²) in [4.78, 5) is 3.21. The summed E-state index contributed by atoms with van der Waals surface area (Å²) in [5, 5.41) is 0. The van der Waals surface area contributed by atoms with Gasteiger partial charge in [-0.1, -0.05) is 27.7 Å². The molecule has 1 nitrogen and oxygen atoms in total. The summed E-state index contributed by atoms with van der Waals surface area (Å²) in [6.07, 6.45) is 5.58. The van der Waals surface area contributed by atoms with Crippen LogP contribution in [0.1, 0.15) is 45.2 Å². The summed E-state index contributed by atoms with van der Waals surface area (Å²) in [5.41, 5.74) is 3.73. The standard InChI is InChI=1S/C11H17N/c1-10(2)7-11(3,4)9-6-12-5-8(9)10/h5-6,12H,7H2,1-4H3. The van der Waals surface area contributed by atoms with Crippen molar-refractivity contribution in [1.82, 2.24) is 4.98 Å². The van der Waals surface area contributed by atoms with Gasteiger partial charge in [0.05, 0.1) is 0 Å². The Balaban J connectivity index is 2.60. The van der Waals surface area contributed by atoms with Gasteiger partial charge in [0.25, 0.3) is 0 Å². The van der Waals surface area contributed by atoms with E-state index in [9.17, 15) is 0 Å². The molecule has 0 saturated carbocycles. The van der Waals surface area contributed by atoms with Crippen molar-refractivity contribution in [1.29, 1.82) is 0 Å². The summed E-state index contributed by atoms with van der Waals surface area (Å²) in [6, 6.07) is 0. The molecule has 1 heterocycles. The zero-order valence-corrected chi connectivity index (χ0v) is 8.36. The molecular formula is C11H17N. The lowest BCUT2D eigenvalue weighted by atomic mass is 9.82. The van der Waals surface area contributed by atoms with Gasteiger partial charge in [0.1, 0.15) is 0 Å². The van der Waals surface area contributed by atoms with Crippen LogP contribution in [-0.4, -0.2) is 4.98 Å². The first-order valence-corrected chi connectivity index (χ1v) is 4.61. The third-order valence-corrected chi connectivity index (χ3v) is 3.09. The Bertz CT molecular complexity index is 276. The van der Waals surface area contributed by atoms with E-state index in [1.807, 2.05) is 0 Å². The number of aromatic nitrogens is 1. The van der Waals surface area contributed by atoms with Crippen molar-refractivity contribution >= 4 is 0 Å². The maximum Gasteiger partial charge on any atom is 0.00458 e. The van der Waals surface area contributed by atoms with E-state index in [2.05, 4.69) is 45.1 Å². The van der Waals surface area contributed by atoms with Crippen LogP contribution < -0.4 is 0 Å². The van der Waals surface area contributed by atoms with E-state index in [-0.39, 0.29) is 0 Å². The predicted molar refractivity (Wildman–Crippen MR) is 51.5 cm³/mol. The van der Waals surface area contributed by atoms with Gasteiger partial charge in [-0.15, -0.1) is 0 Å². The van der Waals surface area contributed by atoms with Crippen LogP contribution in [0.2, 0.25) is 0 Å². The minimum Gasteiger partial charge on any atom is -0.367 e. The number of hydrogen-bond donors (Lipinski definition) is 1. The maximum absolute atomic E-state index is 3.21. The van der Waals surface area contributed by atoms with Gasteiger partial charge in [-0.3, -0.25) is 0 Å². The molecule has 66 valence electrons. The summed E-state index contributed by atoms with van der Waals surface area (Å²) in [5.74, 6) is 0. The van der Waals surface area contributed by atoms with Crippen LogP contribution in [-0.2, 0) is 10.8 Å². The smallest absolute Gasteiger partial charge is 0.00458 e. The van der Waals surface area contributed by atoms with Crippen LogP contribution in [0.25, 0.3) is 0 Å². The second kappa shape index (κ2) is 1.95. The van der Waals surface area contributed by atoms with Gasteiger partial charge in [-0.05, 0) is 28.4 Å². The highest BCUT2D eigenvalue weighted by molar-refractivity contribution is 5.42. The van der Waals surface area contributed by atoms with Crippen LogP contribution in [0.5, 0.6) is 0 Å². The number of H-pyrrole nitrogens is 1. The van der Waals surface area contributed by atoms with Crippen LogP contribution in [0.15, 0.2) is 12.4 Å². The molecule has 1 aliphatic carbocycles. The fourth-order valence-corrected chi connectivity index (χ4v) is 2.78. The first-order valence-electron chi connectivity index (χ1n) is 4.61. The van der Waals surface area contributed by atoms with E-state index in [0.29, 0.717) is 10.8 Å². The van der Waals surface area contributed by atoms with E-state index >= 15 is 0 Å². The number of nitrogens with one attached hydrogen (secondary N) is 1. The molecule has 12 heavy (non-hydrogen) atoms. The Kier molecular flexibility index (Phi) is 1.29. The van der Waals surface area contributed by atoms with Crippen LogP contribution in [0.4, 0.5) is 0 Å². The highest BCUT2D eigenvalue weighted by Crippen LogP contribution is 2.48. The Morgan fingerprint density at radius 2 is 1.42 bits per heavy atom. The van der Waals surface area contributed by atoms with Gasteiger partial charge in [0.15, 0.2) is 0 Å². The second-order valence-electron chi connectivity index (χ2n) is 5.23. The average Bonchev–Trinajstić information content (AvgIpc) is 2.34. The SMILES string of the molecule is CC1(C)CC(C)(C)c2c[nH]cc21. The van der Waals surface area contributed by atoms with E-state index in [1.54, 1.807) is 0 Å². The molecule has 0 amide bonds. The summed E-state index contributed by atoms with van der Waals surface area (Å²) < 4.78 is 0. The lowest BCUT2D eigenvalue weighted by molar-refractivity contribution is 0.401. The molecule has 1 N–H and O–H groups in total. The molecule has 1 heteroatoms. The minimum absolute atomic E-state index is 0.360. The lowest BCUT2D eigenvalue weighted by Crippen LogP contribution is -2.18. The van der Waals surface area contributed by atoms with Gasteiger partial charge in [-0.2, -0.15) is 0 Å². The summed E-state index contributed by atoms with van der Waals surface area (Å²) in [6.45, 7) is 9.31. The van der Waals surface area contributed by atoms with Crippen molar-refractivity contribution in [3.05, 3.63) is 23.5 Å². The van der Waals surface area contributed by atoms with Crippen molar-refractivity contribution < 1.29 is 0 Å². The molecule has 0 aromatic carbocycles. The van der Waals surface area contributed by atoms with Crippen LogP contribution in [0.3, 0.4) is 0 Å². The molecule has 0 atom stereocenters. The minimum atomic E-state index is 0.360. The largest absolute Gasteiger partial charge is 0.367 e. The molecule has 2 rings (SSSR count). The highest BCUT2D eigenvalue weighted by Gasteiger charge is 2.42. The normalized spacial score (nSPS) is 24.0. The highest BCUT2D eigenvalue weighted by atomic mass is 14.7. The van der Waals surface area contributed by atoms with Gasteiger partial charge < -0.3 is 4.98 Å². The quantitative estimate of drug-likeness (QED) is 0.605. The molecule has 0 bridgehead atoms. The third-order valence-electron chi connectivity index (χ3n) is 3.09. The van der Waals surface area contributed by atoms with E-state index < -0.39 is 0 Å². The Hall–Kier alpha value is -0.720. The van der Waals surface area contributed by atoms with Crippen molar-refractivity contribution in [3.63, 3.8) is 0 Å². The molecule has 0 saturated heterocycles. The van der Waals surface area contributed by atoms with Crippen LogP contribution >= 0.6 is 0 Å². The van der Waals surface area contributed by atoms with Gasteiger partial charge in [-0.25, -0.2) is 0 Å². The van der Waals surface area contributed by atoms with Crippen molar-refractivity contribution in [3.8, 4) is 0 Å². The van der Waals surface area contributed by atoms with Crippen molar-refractivity contribution in [2.24, 2.45) is 0 Å². The third kappa shape index (κ3) is 0.855. The maximum atomic E-state index is 3.21. The fraction of sp³-hybridized carbons (Fsp3) is 0.636. The van der Waals surface area contributed by atoms with Gasteiger partial charge in [0, 0.05) is 12.4 Å². The monoisotopic (exact) mass is 163 g/mol. The Morgan fingerprint density at radius 3 is 1.83 bits per heavy atom. The molecule has 1 aromatic heterocycles. The number of hydrogen-bond acceptors (Lipinski definition) is 0.